The lowest BCUT2D eigenvalue weighted by atomic mass is 9.95. The van der Waals surface area contributed by atoms with Crippen molar-refractivity contribution in [2.24, 2.45) is 5.92 Å². The van der Waals surface area contributed by atoms with Crippen molar-refractivity contribution in [2.75, 3.05) is 26.2 Å². The summed E-state index contributed by atoms with van der Waals surface area (Å²) in [7, 11) is 0. The third-order valence-corrected chi connectivity index (χ3v) is 4.64. The van der Waals surface area contributed by atoms with Crippen LogP contribution >= 0.6 is 0 Å². The lowest BCUT2D eigenvalue weighted by molar-refractivity contribution is -0.135. The zero-order valence-electron chi connectivity index (χ0n) is 12.6. The second-order valence-corrected chi connectivity index (χ2v) is 6.11. The van der Waals surface area contributed by atoms with Crippen molar-refractivity contribution < 1.29 is 14.0 Å². The van der Waals surface area contributed by atoms with Gasteiger partial charge in [0.1, 0.15) is 5.82 Å². The topological polar surface area (TPSA) is 40.6 Å². The van der Waals surface area contributed by atoms with E-state index in [1.807, 2.05) is 4.90 Å². The molecule has 118 valence electrons. The van der Waals surface area contributed by atoms with Crippen LogP contribution in [-0.4, -0.2) is 47.8 Å². The predicted octanol–water partition coefficient (Wildman–Crippen LogP) is 2.30. The standard InChI is InChI=1S/C17H21FN2O2/c18-15-5-3-13(4-6-15)16(21)20-11-7-14(8-12-20)17(22)19-9-1-2-10-19/h3-6,14H,1-2,7-12H2. The molecular formula is C17H21FN2O2. The van der Waals surface area contributed by atoms with E-state index in [0.29, 0.717) is 18.7 Å². The predicted molar refractivity (Wildman–Crippen MR) is 80.8 cm³/mol. The van der Waals surface area contributed by atoms with Gasteiger partial charge >= 0.3 is 0 Å². The molecular weight excluding hydrogens is 283 g/mol. The molecule has 0 bridgehead atoms. The zero-order chi connectivity index (χ0) is 15.5. The van der Waals surface area contributed by atoms with Gasteiger partial charge in [0.2, 0.25) is 5.91 Å². The van der Waals surface area contributed by atoms with Crippen molar-refractivity contribution in [3.05, 3.63) is 35.6 Å². The summed E-state index contributed by atoms with van der Waals surface area (Å²) in [4.78, 5) is 28.4. The molecule has 0 spiro atoms. The zero-order valence-corrected chi connectivity index (χ0v) is 12.6. The molecule has 3 rings (SSSR count). The van der Waals surface area contributed by atoms with E-state index in [1.165, 1.54) is 24.3 Å². The number of hydrogen-bond donors (Lipinski definition) is 0. The van der Waals surface area contributed by atoms with Crippen LogP contribution in [-0.2, 0) is 4.79 Å². The summed E-state index contributed by atoms with van der Waals surface area (Å²) in [6.45, 7) is 2.96. The Morgan fingerprint density at radius 3 is 2.09 bits per heavy atom. The van der Waals surface area contributed by atoms with Crippen LogP contribution in [0.2, 0.25) is 0 Å². The number of carbonyl (C=O) groups is 2. The molecule has 2 fully saturated rings. The molecule has 0 saturated carbocycles. The third kappa shape index (κ3) is 3.13. The quantitative estimate of drug-likeness (QED) is 0.841. The van der Waals surface area contributed by atoms with E-state index >= 15 is 0 Å². The van der Waals surface area contributed by atoms with Crippen molar-refractivity contribution >= 4 is 11.8 Å². The lowest BCUT2D eigenvalue weighted by Crippen LogP contribution is -2.43. The smallest absolute Gasteiger partial charge is 0.253 e. The average Bonchev–Trinajstić information content (AvgIpc) is 3.09. The highest BCUT2D eigenvalue weighted by molar-refractivity contribution is 5.94. The Hall–Kier alpha value is -1.91. The first kappa shape index (κ1) is 15.0. The van der Waals surface area contributed by atoms with Gasteiger partial charge in [-0.3, -0.25) is 9.59 Å². The van der Waals surface area contributed by atoms with Crippen molar-refractivity contribution in [3.8, 4) is 0 Å². The van der Waals surface area contributed by atoms with Crippen LogP contribution in [0.4, 0.5) is 4.39 Å². The first-order valence-electron chi connectivity index (χ1n) is 7.99. The summed E-state index contributed by atoms with van der Waals surface area (Å²) in [5.41, 5.74) is 0.505. The summed E-state index contributed by atoms with van der Waals surface area (Å²) in [5, 5.41) is 0. The molecule has 22 heavy (non-hydrogen) atoms. The largest absolute Gasteiger partial charge is 0.342 e. The normalized spacial score (nSPS) is 19.5. The summed E-state index contributed by atoms with van der Waals surface area (Å²) in [5.74, 6) is -0.111. The van der Waals surface area contributed by atoms with Crippen LogP contribution in [0.25, 0.3) is 0 Å². The van der Waals surface area contributed by atoms with Crippen LogP contribution in [0.5, 0.6) is 0 Å². The second kappa shape index (κ2) is 6.46. The summed E-state index contributed by atoms with van der Waals surface area (Å²) >= 11 is 0. The molecule has 2 amide bonds. The Bertz CT molecular complexity index is 544. The molecule has 2 heterocycles. The minimum atomic E-state index is -0.341. The maximum absolute atomic E-state index is 12.9. The van der Waals surface area contributed by atoms with Crippen LogP contribution in [0.3, 0.4) is 0 Å². The summed E-state index contributed by atoms with van der Waals surface area (Å²) in [6, 6.07) is 5.63. The van der Waals surface area contributed by atoms with Gasteiger partial charge < -0.3 is 9.80 Å². The molecule has 0 unspecified atom stereocenters. The minimum absolute atomic E-state index is 0.0513. The SMILES string of the molecule is O=C(c1ccc(F)cc1)N1CCC(C(=O)N2CCCC2)CC1. The van der Waals surface area contributed by atoms with E-state index in [0.717, 1.165) is 38.8 Å². The number of halogens is 1. The second-order valence-electron chi connectivity index (χ2n) is 6.11. The average molecular weight is 304 g/mol. The fraction of sp³-hybridized carbons (Fsp3) is 0.529. The summed E-state index contributed by atoms with van der Waals surface area (Å²) < 4.78 is 12.9. The Balaban J connectivity index is 1.56. The van der Waals surface area contributed by atoms with E-state index < -0.39 is 0 Å². The van der Waals surface area contributed by atoms with Gasteiger partial charge in [0, 0.05) is 37.7 Å². The molecule has 5 heteroatoms. The number of benzene rings is 1. The highest BCUT2D eigenvalue weighted by atomic mass is 19.1. The Labute approximate surface area is 129 Å². The molecule has 2 aliphatic rings. The number of hydrogen-bond acceptors (Lipinski definition) is 2. The maximum atomic E-state index is 12.9. The van der Waals surface area contributed by atoms with Crippen molar-refractivity contribution in [1.82, 2.24) is 9.80 Å². The molecule has 0 aliphatic carbocycles. The van der Waals surface area contributed by atoms with Gasteiger partial charge in [-0.15, -0.1) is 0 Å². The van der Waals surface area contributed by atoms with Gasteiger partial charge in [0.15, 0.2) is 0 Å². The molecule has 0 atom stereocenters. The molecule has 0 aromatic heterocycles. The van der Waals surface area contributed by atoms with E-state index in [9.17, 15) is 14.0 Å². The van der Waals surface area contributed by atoms with Gasteiger partial charge in [-0.05, 0) is 49.9 Å². The monoisotopic (exact) mass is 304 g/mol. The first-order chi connectivity index (χ1) is 10.6. The summed E-state index contributed by atoms with van der Waals surface area (Å²) in [6.07, 6.45) is 3.66. The van der Waals surface area contributed by atoms with E-state index in [2.05, 4.69) is 0 Å². The fourth-order valence-electron chi connectivity index (χ4n) is 3.30. The molecule has 2 aliphatic heterocycles. The molecule has 1 aromatic rings. The number of amides is 2. The molecule has 4 nitrogen and oxygen atoms in total. The van der Waals surface area contributed by atoms with Crippen molar-refractivity contribution in [1.29, 1.82) is 0 Å². The highest BCUT2D eigenvalue weighted by Crippen LogP contribution is 2.23. The number of piperidine rings is 1. The van der Waals surface area contributed by atoms with Crippen LogP contribution in [0.15, 0.2) is 24.3 Å². The fourth-order valence-corrected chi connectivity index (χ4v) is 3.30. The third-order valence-electron chi connectivity index (χ3n) is 4.64. The van der Waals surface area contributed by atoms with E-state index in [-0.39, 0.29) is 23.5 Å². The minimum Gasteiger partial charge on any atom is -0.342 e. The van der Waals surface area contributed by atoms with E-state index in [4.69, 9.17) is 0 Å². The number of likely N-dealkylation sites (tertiary alicyclic amines) is 2. The van der Waals surface area contributed by atoms with Gasteiger partial charge in [-0.25, -0.2) is 4.39 Å². The maximum Gasteiger partial charge on any atom is 0.253 e. The first-order valence-corrected chi connectivity index (χ1v) is 7.99. The number of nitrogens with zero attached hydrogens (tertiary/aromatic N) is 2. The van der Waals surface area contributed by atoms with Gasteiger partial charge in [0.25, 0.3) is 5.91 Å². The lowest BCUT2D eigenvalue weighted by Gasteiger charge is -2.33. The number of carbonyl (C=O) groups excluding carboxylic acids is 2. The van der Waals surface area contributed by atoms with Crippen LogP contribution in [0, 0.1) is 11.7 Å². The Morgan fingerprint density at radius 1 is 0.909 bits per heavy atom. The molecule has 2 saturated heterocycles. The number of rotatable bonds is 2. The van der Waals surface area contributed by atoms with Gasteiger partial charge in [-0.1, -0.05) is 0 Å². The molecule has 0 radical (unpaired) electrons. The highest BCUT2D eigenvalue weighted by Gasteiger charge is 2.31. The Morgan fingerprint density at radius 2 is 1.50 bits per heavy atom. The molecule has 0 N–H and O–H groups in total. The van der Waals surface area contributed by atoms with Crippen molar-refractivity contribution in [3.63, 3.8) is 0 Å². The Kier molecular flexibility index (Phi) is 4.41. The van der Waals surface area contributed by atoms with E-state index in [1.54, 1.807) is 4.90 Å². The van der Waals surface area contributed by atoms with Crippen LogP contribution in [0.1, 0.15) is 36.0 Å². The van der Waals surface area contributed by atoms with Crippen molar-refractivity contribution in [2.45, 2.75) is 25.7 Å². The van der Waals surface area contributed by atoms with Gasteiger partial charge in [0.05, 0.1) is 0 Å². The van der Waals surface area contributed by atoms with Gasteiger partial charge in [-0.2, -0.15) is 0 Å². The van der Waals surface area contributed by atoms with Crippen LogP contribution < -0.4 is 0 Å². The molecule has 1 aromatic carbocycles.